The van der Waals surface area contributed by atoms with Crippen molar-refractivity contribution in [1.82, 2.24) is 4.98 Å². The highest BCUT2D eigenvalue weighted by molar-refractivity contribution is 7.17. The van der Waals surface area contributed by atoms with Crippen LogP contribution in [0.1, 0.15) is 16.1 Å². The Bertz CT molecular complexity index is 838. The van der Waals surface area contributed by atoms with E-state index in [9.17, 15) is 18.8 Å². The SMILES string of the molecule is COC(=O)c1cnc(NC(=O)[C@H]2CC(=O)N(c3ccccc3F)C2)s1. The van der Waals surface area contributed by atoms with E-state index >= 15 is 0 Å². The molecule has 7 nitrogen and oxygen atoms in total. The average molecular weight is 363 g/mol. The summed E-state index contributed by atoms with van der Waals surface area (Å²) in [6.45, 7) is 0.0842. The second kappa shape index (κ2) is 6.98. The van der Waals surface area contributed by atoms with Gasteiger partial charge in [0.1, 0.15) is 10.7 Å². The molecular weight excluding hydrogens is 349 g/mol. The minimum absolute atomic E-state index is 0.0185. The van der Waals surface area contributed by atoms with Crippen molar-refractivity contribution in [3.05, 3.63) is 41.2 Å². The Morgan fingerprint density at radius 1 is 1.40 bits per heavy atom. The molecule has 1 atom stereocenters. The van der Waals surface area contributed by atoms with E-state index in [2.05, 4.69) is 15.0 Å². The number of thiazole rings is 1. The van der Waals surface area contributed by atoms with Gasteiger partial charge in [0.05, 0.1) is 24.9 Å². The quantitative estimate of drug-likeness (QED) is 0.840. The summed E-state index contributed by atoms with van der Waals surface area (Å²) in [5.74, 6) is -2.41. The first-order valence-electron chi connectivity index (χ1n) is 7.39. The number of halogens is 1. The van der Waals surface area contributed by atoms with Crippen LogP contribution in [0.25, 0.3) is 0 Å². The number of nitrogens with zero attached hydrogens (tertiary/aromatic N) is 2. The Balaban J connectivity index is 1.68. The van der Waals surface area contributed by atoms with Crippen molar-refractivity contribution in [3.8, 4) is 0 Å². The second-order valence-electron chi connectivity index (χ2n) is 5.37. The number of para-hydroxylation sites is 1. The number of carbonyl (C=O) groups is 3. The van der Waals surface area contributed by atoms with Gasteiger partial charge in [0.2, 0.25) is 11.8 Å². The van der Waals surface area contributed by atoms with Crippen LogP contribution in [0.2, 0.25) is 0 Å². The third-order valence-corrected chi connectivity index (χ3v) is 4.65. The minimum atomic E-state index is -0.627. The van der Waals surface area contributed by atoms with Gasteiger partial charge in [-0.05, 0) is 12.1 Å². The molecule has 0 bridgehead atoms. The summed E-state index contributed by atoms with van der Waals surface area (Å²) in [5.41, 5.74) is 0.157. The molecule has 1 saturated heterocycles. The molecule has 130 valence electrons. The van der Waals surface area contributed by atoms with Gasteiger partial charge < -0.3 is 15.0 Å². The molecule has 2 aromatic rings. The van der Waals surface area contributed by atoms with E-state index in [0.29, 0.717) is 0 Å². The topological polar surface area (TPSA) is 88.6 Å². The first-order valence-corrected chi connectivity index (χ1v) is 8.21. The van der Waals surface area contributed by atoms with Crippen LogP contribution >= 0.6 is 11.3 Å². The van der Waals surface area contributed by atoms with Crippen LogP contribution in [0.15, 0.2) is 30.5 Å². The summed E-state index contributed by atoms with van der Waals surface area (Å²) >= 11 is 0.977. The fourth-order valence-electron chi connectivity index (χ4n) is 2.52. The zero-order chi connectivity index (χ0) is 18.0. The van der Waals surface area contributed by atoms with Crippen LogP contribution < -0.4 is 10.2 Å². The lowest BCUT2D eigenvalue weighted by molar-refractivity contribution is -0.122. The first kappa shape index (κ1) is 17.0. The summed E-state index contributed by atoms with van der Waals surface area (Å²) in [6, 6.07) is 5.92. The van der Waals surface area contributed by atoms with Gasteiger partial charge in [0, 0.05) is 13.0 Å². The highest BCUT2D eigenvalue weighted by Gasteiger charge is 2.36. The van der Waals surface area contributed by atoms with Gasteiger partial charge in [-0.1, -0.05) is 23.5 Å². The number of carbonyl (C=O) groups excluding carboxylic acids is 3. The molecule has 0 saturated carbocycles. The average Bonchev–Trinajstić information content (AvgIpc) is 3.21. The molecule has 3 rings (SSSR count). The molecule has 25 heavy (non-hydrogen) atoms. The van der Waals surface area contributed by atoms with Gasteiger partial charge in [-0.2, -0.15) is 0 Å². The third-order valence-electron chi connectivity index (χ3n) is 3.76. The van der Waals surface area contributed by atoms with E-state index in [1.807, 2.05) is 0 Å². The number of nitrogens with one attached hydrogen (secondary N) is 1. The Morgan fingerprint density at radius 3 is 2.88 bits per heavy atom. The van der Waals surface area contributed by atoms with Gasteiger partial charge in [-0.3, -0.25) is 9.59 Å². The maximum atomic E-state index is 13.9. The largest absolute Gasteiger partial charge is 0.465 e. The number of hydrogen-bond acceptors (Lipinski definition) is 6. The second-order valence-corrected chi connectivity index (χ2v) is 6.40. The minimum Gasteiger partial charge on any atom is -0.465 e. The van der Waals surface area contributed by atoms with Crippen molar-refractivity contribution in [1.29, 1.82) is 0 Å². The van der Waals surface area contributed by atoms with Gasteiger partial charge in [0.25, 0.3) is 0 Å². The molecule has 1 fully saturated rings. The van der Waals surface area contributed by atoms with E-state index < -0.39 is 23.6 Å². The van der Waals surface area contributed by atoms with Crippen molar-refractivity contribution in [2.75, 3.05) is 23.9 Å². The zero-order valence-corrected chi connectivity index (χ0v) is 14.0. The molecule has 2 amide bonds. The Kier molecular flexibility index (Phi) is 4.75. The molecule has 0 aliphatic carbocycles. The number of benzene rings is 1. The summed E-state index contributed by atoms with van der Waals surface area (Å²) in [7, 11) is 1.25. The standard InChI is InChI=1S/C16H14FN3O4S/c1-24-15(23)12-7-18-16(25-12)19-14(22)9-6-13(21)20(8-9)11-5-3-2-4-10(11)17/h2-5,7,9H,6,8H2,1H3,(H,18,19,22)/t9-/m0/s1. The molecule has 1 aromatic carbocycles. The van der Waals surface area contributed by atoms with Crippen LogP contribution in [0.4, 0.5) is 15.2 Å². The lowest BCUT2D eigenvalue weighted by Gasteiger charge is -2.17. The van der Waals surface area contributed by atoms with Crippen LogP contribution in [0.5, 0.6) is 0 Å². The normalized spacial score (nSPS) is 16.8. The van der Waals surface area contributed by atoms with Crippen molar-refractivity contribution in [2.24, 2.45) is 5.92 Å². The predicted octanol–water partition coefficient (Wildman–Crippen LogP) is 2.06. The Morgan fingerprint density at radius 2 is 2.16 bits per heavy atom. The van der Waals surface area contributed by atoms with E-state index in [4.69, 9.17) is 0 Å². The highest BCUT2D eigenvalue weighted by atomic mass is 32.1. The summed E-state index contributed by atoms with van der Waals surface area (Å²) in [4.78, 5) is 41.3. The van der Waals surface area contributed by atoms with Crippen molar-refractivity contribution in [2.45, 2.75) is 6.42 Å². The van der Waals surface area contributed by atoms with Crippen LogP contribution in [0, 0.1) is 11.7 Å². The van der Waals surface area contributed by atoms with E-state index in [-0.39, 0.29) is 34.6 Å². The summed E-state index contributed by atoms with van der Waals surface area (Å²) < 4.78 is 18.4. The first-order chi connectivity index (χ1) is 12.0. The molecule has 2 heterocycles. The van der Waals surface area contributed by atoms with Gasteiger partial charge >= 0.3 is 5.97 Å². The Hall–Kier alpha value is -2.81. The molecule has 0 unspecified atom stereocenters. The maximum Gasteiger partial charge on any atom is 0.349 e. The van der Waals surface area contributed by atoms with Crippen LogP contribution in [0.3, 0.4) is 0 Å². The number of methoxy groups -OCH3 is 1. The maximum absolute atomic E-state index is 13.9. The van der Waals surface area contributed by atoms with E-state index in [1.54, 1.807) is 6.07 Å². The number of amides is 2. The number of esters is 1. The zero-order valence-electron chi connectivity index (χ0n) is 13.2. The molecule has 0 radical (unpaired) electrons. The van der Waals surface area contributed by atoms with Gasteiger partial charge in [-0.25, -0.2) is 14.2 Å². The van der Waals surface area contributed by atoms with E-state index in [0.717, 1.165) is 11.3 Å². The lowest BCUT2D eigenvalue weighted by atomic mass is 10.1. The molecule has 0 spiro atoms. The Labute approximate surface area is 146 Å². The number of aromatic nitrogens is 1. The number of hydrogen-bond donors (Lipinski definition) is 1. The molecule has 1 aliphatic rings. The monoisotopic (exact) mass is 363 g/mol. The van der Waals surface area contributed by atoms with E-state index in [1.165, 1.54) is 36.4 Å². The highest BCUT2D eigenvalue weighted by Crippen LogP contribution is 2.28. The lowest BCUT2D eigenvalue weighted by Crippen LogP contribution is -2.28. The number of anilines is 2. The number of ether oxygens (including phenoxy) is 1. The van der Waals surface area contributed by atoms with Crippen molar-refractivity contribution < 1.29 is 23.5 Å². The van der Waals surface area contributed by atoms with Gasteiger partial charge in [0.15, 0.2) is 5.13 Å². The summed E-state index contributed by atoms with van der Waals surface area (Å²) in [6.07, 6.45) is 1.28. The van der Waals surface area contributed by atoms with Crippen LogP contribution in [-0.2, 0) is 14.3 Å². The predicted molar refractivity (Wildman–Crippen MR) is 88.9 cm³/mol. The molecule has 9 heteroatoms. The van der Waals surface area contributed by atoms with Gasteiger partial charge in [-0.15, -0.1) is 0 Å². The molecular formula is C16H14FN3O4S. The fraction of sp³-hybridized carbons (Fsp3) is 0.250. The molecule has 1 aromatic heterocycles. The summed E-state index contributed by atoms with van der Waals surface area (Å²) in [5, 5.41) is 2.82. The molecule has 1 aliphatic heterocycles. The van der Waals surface area contributed by atoms with Crippen molar-refractivity contribution >= 4 is 39.9 Å². The van der Waals surface area contributed by atoms with Crippen LogP contribution in [-0.4, -0.2) is 36.4 Å². The third kappa shape index (κ3) is 3.50. The molecule has 1 N–H and O–H groups in total. The van der Waals surface area contributed by atoms with Crippen molar-refractivity contribution in [3.63, 3.8) is 0 Å². The number of rotatable bonds is 4. The fourth-order valence-corrected chi connectivity index (χ4v) is 3.26. The smallest absolute Gasteiger partial charge is 0.349 e.